The smallest absolute Gasteiger partial charge is 0.241 e. The van der Waals surface area contributed by atoms with Gasteiger partial charge in [0.2, 0.25) is 5.95 Å². The second-order valence-corrected chi connectivity index (χ2v) is 6.08. The number of nitrogens with zero attached hydrogens (tertiary/aromatic N) is 5. The monoisotopic (exact) mass is 304 g/mol. The molecule has 4 aromatic heterocycles. The van der Waals surface area contributed by atoms with Crippen molar-refractivity contribution in [2.75, 3.05) is 11.9 Å². The normalized spacial score (nSPS) is 14.6. The van der Waals surface area contributed by atoms with Gasteiger partial charge in [-0.25, -0.2) is 14.5 Å². The summed E-state index contributed by atoms with van der Waals surface area (Å²) in [6.07, 6.45) is 12.3. The Morgan fingerprint density at radius 3 is 3.00 bits per heavy atom. The van der Waals surface area contributed by atoms with Gasteiger partial charge >= 0.3 is 0 Å². The topological polar surface area (TPSA) is 59.5 Å². The van der Waals surface area contributed by atoms with Crippen molar-refractivity contribution < 1.29 is 0 Å². The van der Waals surface area contributed by atoms with Crippen LogP contribution in [-0.2, 0) is 0 Å². The van der Waals surface area contributed by atoms with E-state index in [4.69, 9.17) is 0 Å². The van der Waals surface area contributed by atoms with E-state index in [1.807, 2.05) is 33.6 Å². The Morgan fingerprint density at radius 2 is 2.09 bits per heavy atom. The zero-order valence-corrected chi connectivity index (χ0v) is 12.6. The molecule has 0 spiro atoms. The summed E-state index contributed by atoms with van der Waals surface area (Å²) in [5, 5.41) is 7.86. The molecule has 23 heavy (non-hydrogen) atoms. The fourth-order valence-corrected chi connectivity index (χ4v) is 2.86. The van der Waals surface area contributed by atoms with E-state index in [9.17, 15) is 0 Å². The minimum Gasteiger partial charge on any atom is -0.353 e. The van der Waals surface area contributed by atoms with Crippen molar-refractivity contribution in [1.29, 1.82) is 0 Å². The van der Waals surface area contributed by atoms with Crippen LogP contribution in [0.1, 0.15) is 12.8 Å². The van der Waals surface area contributed by atoms with E-state index in [0.717, 1.165) is 34.8 Å². The summed E-state index contributed by atoms with van der Waals surface area (Å²) in [6.45, 7) is 0.969. The fraction of sp³-hybridized carbons (Fsp3) is 0.235. The molecule has 0 atom stereocenters. The van der Waals surface area contributed by atoms with Crippen LogP contribution in [0.15, 0.2) is 49.2 Å². The van der Waals surface area contributed by atoms with Gasteiger partial charge in [0.15, 0.2) is 0 Å². The lowest BCUT2D eigenvalue weighted by Crippen LogP contribution is -2.08. The molecule has 0 aromatic carbocycles. The van der Waals surface area contributed by atoms with Crippen LogP contribution in [0.3, 0.4) is 0 Å². The van der Waals surface area contributed by atoms with E-state index < -0.39 is 0 Å². The van der Waals surface area contributed by atoms with Crippen LogP contribution in [0.2, 0.25) is 0 Å². The third kappa shape index (κ3) is 2.23. The van der Waals surface area contributed by atoms with Gasteiger partial charge in [-0.3, -0.25) is 0 Å². The first-order valence-electron chi connectivity index (χ1n) is 7.88. The summed E-state index contributed by atoms with van der Waals surface area (Å²) in [6, 6.07) is 6.18. The quantitative estimate of drug-likeness (QED) is 0.630. The standard InChI is InChI=1S/C17H16N6/c1-2-12(1)9-19-17-20-10-15-14(5-7-23(15)21-17)13-3-4-16-18-6-8-22(16)11-13/h3-8,10-12H,1-2,9H2,(H,19,21). The fourth-order valence-electron chi connectivity index (χ4n) is 2.86. The molecule has 1 fully saturated rings. The van der Waals surface area contributed by atoms with Crippen LogP contribution in [0.4, 0.5) is 5.95 Å². The molecule has 1 aliphatic rings. The molecular formula is C17H16N6. The van der Waals surface area contributed by atoms with Crippen LogP contribution in [0.5, 0.6) is 0 Å². The van der Waals surface area contributed by atoms with Crippen molar-refractivity contribution in [1.82, 2.24) is 24.0 Å². The molecule has 5 rings (SSSR count). The molecule has 114 valence electrons. The zero-order valence-electron chi connectivity index (χ0n) is 12.6. The number of nitrogens with one attached hydrogen (secondary N) is 1. The Balaban J connectivity index is 1.53. The molecule has 0 bridgehead atoms. The average molecular weight is 304 g/mol. The average Bonchev–Trinajstić information content (AvgIpc) is 3.13. The maximum atomic E-state index is 4.55. The predicted molar refractivity (Wildman–Crippen MR) is 88.4 cm³/mol. The van der Waals surface area contributed by atoms with Crippen molar-refractivity contribution in [2.24, 2.45) is 5.92 Å². The molecule has 6 heteroatoms. The minimum atomic E-state index is 0.691. The molecule has 1 aliphatic carbocycles. The molecule has 0 radical (unpaired) electrons. The Morgan fingerprint density at radius 1 is 1.13 bits per heavy atom. The van der Waals surface area contributed by atoms with Gasteiger partial charge in [-0.15, -0.1) is 5.10 Å². The van der Waals surface area contributed by atoms with Crippen LogP contribution in [-0.4, -0.2) is 30.5 Å². The lowest BCUT2D eigenvalue weighted by Gasteiger charge is -2.05. The molecule has 4 aromatic rings. The van der Waals surface area contributed by atoms with Gasteiger partial charge in [-0.2, -0.15) is 0 Å². The second-order valence-electron chi connectivity index (χ2n) is 6.08. The molecule has 0 saturated heterocycles. The number of rotatable bonds is 4. The molecular weight excluding hydrogens is 288 g/mol. The number of anilines is 1. The van der Waals surface area contributed by atoms with Gasteiger partial charge in [-0.1, -0.05) is 0 Å². The number of fused-ring (bicyclic) bond motifs is 2. The predicted octanol–water partition coefficient (Wildman–Crippen LogP) is 2.87. The van der Waals surface area contributed by atoms with Gasteiger partial charge in [0.25, 0.3) is 0 Å². The highest BCUT2D eigenvalue weighted by molar-refractivity contribution is 5.80. The number of imidazole rings is 1. The SMILES string of the molecule is c1cn2cc(-c3ccn4nc(NCC5CC5)ncc34)ccc2n1. The largest absolute Gasteiger partial charge is 0.353 e. The van der Waals surface area contributed by atoms with E-state index in [1.54, 1.807) is 6.20 Å². The first kappa shape index (κ1) is 12.6. The highest BCUT2D eigenvalue weighted by atomic mass is 15.3. The molecule has 1 saturated carbocycles. The third-order valence-electron chi connectivity index (χ3n) is 4.36. The number of pyridine rings is 1. The highest BCUT2D eigenvalue weighted by Gasteiger charge is 2.21. The molecule has 1 N–H and O–H groups in total. The number of hydrogen-bond donors (Lipinski definition) is 1. The Hall–Kier alpha value is -2.89. The third-order valence-corrected chi connectivity index (χ3v) is 4.36. The van der Waals surface area contributed by atoms with Crippen molar-refractivity contribution in [2.45, 2.75) is 12.8 Å². The zero-order chi connectivity index (χ0) is 15.2. The molecule has 6 nitrogen and oxygen atoms in total. The van der Waals surface area contributed by atoms with Gasteiger partial charge in [0, 0.05) is 42.5 Å². The molecule has 0 aliphatic heterocycles. The Kier molecular flexibility index (Phi) is 2.64. The van der Waals surface area contributed by atoms with Crippen molar-refractivity contribution >= 4 is 17.1 Å². The van der Waals surface area contributed by atoms with Crippen LogP contribution < -0.4 is 5.32 Å². The summed E-state index contributed by atoms with van der Waals surface area (Å²) in [5.74, 6) is 1.49. The number of hydrogen-bond acceptors (Lipinski definition) is 4. The van der Waals surface area contributed by atoms with Crippen LogP contribution in [0.25, 0.3) is 22.3 Å². The molecule has 0 unspecified atom stereocenters. The van der Waals surface area contributed by atoms with Crippen LogP contribution in [0, 0.1) is 5.92 Å². The lowest BCUT2D eigenvalue weighted by atomic mass is 10.1. The minimum absolute atomic E-state index is 0.691. The summed E-state index contributed by atoms with van der Waals surface area (Å²) >= 11 is 0. The summed E-state index contributed by atoms with van der Waals surface area (Å²) in [7, 11) is 0. The van der Waals surface area contributed by atoms with E-state index in [0.29, 0.717) is 5.95 Å². The van der Waals surface area contributed by atoms with Gasteiger partial charge in [-0.05, 0) is 37.0 Å². The van der Waals surface area contributed by atoms with Crippen LogP contribution >= 0.6 is 0 Å². The van der Waals surface area contributed by atoms with Crippen molar-refractivity contribution in [3.8, 4) is 11.1 Å². The Bertz CT molecular complexity index is 995. The van der Waals surface area contributed by atoms with Crippen molar-refractivity contribution in [3.63, 3.8) is 0 Å². The number of aromatic nitrogens is 5. The summed E-state index contributed by atoms with van der Waals surface area (Å²) < 4.78 is 3.90. The van der Waals surface area contributed by atoms with E-state index in [1.165, 1.54) is 12.8 Å². The highest BCUT2D eigenvalue weighted by Crippen LogP contribution is 2.29. The second kappa shape index (κ2) is 4.81. The van der Waals surface area contributed by atoms with Gasteiger partial charge in [0.05, 0.1) is 11.7 Å². The van der Waals surface area contributed by atoms with Crippen molar-refractivity contribution in [3.05, 3.63) is 49.2 Å². The lowest BCUT2D eigenvalue weighted by molar-refractivity contribution is 0.842. The maximum absolute atomic E-state index is 4.55. The molecule has 4 heterocycles. The molecule has 0 amide bonds. The maximum Gasteiger partial charge on any atom is 0.241 e. The van der Waals surface area contributed by atoms with Gasteiger partial charge < -0.3 is 9.72 Å². The summed E-state index contributed by atoms with van der Waals surface area (Å²) in [4.78, 5) is 8.73. The van der Waals surface area contributed by atoms with E-state index in [-0.39, 0.29) is 0 Å². The van der Waals surface area contributed by atoms with E-state index in [2.05, 4.69) is 38.7 Å². The van der Waals surface area contributed by atoms with E-state index >= 15 is 0 Å². The summed E-state index contributed by atoms with van der Waals surface area (Å²) in [5.41, 5.74) is 4.19. The Labute approximate surface area is 132 Å². The van der Waals surface area contributed by atoms with Gasteiger partial charge in [0.1, 0.15) is 5.65 Å². The first-order valence-corrected chi connectivity index (χ1v) is 7.88. The first-order chi connectivity index (χ1) is 11.4.